The second-order valence-corrected chi connectivity index (χ2v) is 22.4. The summed E-state index contributed by atoms with van der Waals surface area (Å²) in [7, 11) is -6.41. The molecule has 5 fully saturated rings. The van der Waals surface area contributed by atoms with Crippen molar-refractivity contribution in [3.8, 4) is 0 Å². The van der Waals surface area contributed by atoms with Crippen LogP contribution < -0.4 is 0 Å². The minimum absolute atomic E-state index is 0.0400. The van der Waals surface area contributed by atoms with Crippen LogP contribution in [0.25, 0.3) is 0 Å². The molecule has 5 saturated heterocycles. The van der Waals surface area contributed by atoms with E-state index in [1.807, 2.05) is 27.7 Å². The molecule has 0 saturated carbocycles. The summed E-state index contributed by atoms with van der Waals surface area (Å²) in [4.78, 5) is 4.75. The van der Waals surface area contributed by atoms with Crippen LogP contribution in [0.4, 0.5) is 0 Å². The predicted molar refractivity (Wildman–Crippen MR) is 247 cm³/mol. The molecule has 10 unspecified atom stereocenters. The molecule has 0 bridgehead atoms. The first kappa shape index (κ1) is 64.7. The third-order valence-electron chi connectivity index (χ3n) is 14.4. The highest BCUT2D eigenvalue weighted by molar-refractivity contribution is 7.81. The molecule has 75 heavy (non-hydrogen) atoms. The van der Waals surface area contributed by atoms with E-state index < -0.39 is 179 Å². The van der Waals surface area contributed by atoms with E-state index >= 15 is 0 Å². The Morgan fingerprint density at radius 3 is 1.19 bits per heavy atom. The highest BCUT2D eigenvalue weighted by Crippen LogP contribution is 2.43. The van der Waals surface area contributed by atoms with Gasteiger partial charge in [0.15, 0.2) is 37.6 Å². The zero-order valence-electron chi connectivity index (χ0n) is 43.7. The summed E-state index contributed by atoms with van der Waals surface area (Å²) in [6.45, 7) is 9.52. The van der Waals surface area contributed by atoms with Gasteiger partial charge in [0.25, 0.3) is 0 Å². The highest BCUT2D eigenvalue weighted by atomic mass is 32.3. The Balaban J connectivity index is 1.37. The van der Waals surface area contributed by atoms with Gasteiger partial charge >= 0.3 is 31.2 Å². The van der Waals surface area contributed by atoms with E-state index in [-0.39, 0.29) is 37.6 Å². The average Bonchev–Trinajstić information content (AvgIpc) is 3.32. The quantitative estimate of drug-likeness (QED) is 0.0497. The smallest absolute Gasteiger partial charge is 0.382 e. The standard InChI is InChI=1S/C42H76O30S3/c1-19-21(3)38(66-33-23(5)35(56-10)40(58-12)64-28(33)16-54-8)62-27(15-53-7)31(19)68-41-36(57-11)24(6)34(29(65-41)17-55-9)67-39-22(4)20(2)32(30(63-39)18-60-74(47,48)49)69-42-37(71-75(50,51)52)26(70-72-43)13-25(61-42)14-59-73(44,45)46/h19-43H,13-18H2,1-12H3,(H,44,45,46)(H,47,48,49)(H,50,51,52)/t19?,20-,21?,22?,23?,24+,25-,26?,27+,28+,29?,30?,31+,32+,33+,34+,35?,36?,37?,38-,39+,40-,41+,42+/m1/s1. The maximum atomic E-state index is 12.0. The first-order chi connectivity index (χ1) is 35.2. The number of hydrogen-bond donors (Lipinski definition) is 4. The summed E-state index contributed by atoms with van der Waals surface area (Å²) in [6, 6.07) is 0. The molecule has 0 amide bonds. The molecule has 5 aliphatic rings. The minimum Gasteiger partial charge on any atom is -0.382 e. The monoisotopic (exact) mass is 1160 g/mol. The summed E-state index contributed by atoms with van der Waals surface area (Å²) in [5.74, 6) is -2.79. The maximum absolute atomic E-state index is 12.0. The van der Waals surface area contributed by atoms with Gasteiger partial charge in [-0.25, -0.2) is 17.8 Å². The van der Waals surface area contributed by atoms with Crippen LogP contribution in [0, 0.1) is 35.5 Å². The van der Waals surface area contributed by atoms with Crippen LogP contribution in [-0.2, 0) is 125 Å². The molecule has 0 spiro atoms. The van der Waals surface area contributed by atoms with Crippen molar-refractivity contribution in [1.29, 1.82) is 0 Å². The minimum atomic E-state index is -5.36. The fraction of sp³-hybridized carbons (Fsp3) is 1.00. The lowest BCUT2D eigenvalue weighted by Crippen LogP contribution is -2.63. The molecule has 442 valence electrons. The van der Waals surface area contributed by atoms with Crippen LogP contribution in [0.2, 0.25) is 0 Å². The summed E-state index contributed by atoms with van der Waals surface area (Å²) >= 11 is 0. The lowest BCUT2D eigenvalue weighted by molar-refractivity contribution is -0.519. The molecule has 0 aromatic rings. The third-order valence-corrected chi connectivity index (χ3v) is 15.8. The number of rotatable bonds is 27. The van der Waals surface area contributed by atoms with Crippen LogP contribution in [0.1, 0.15) is 48.0 Å². The SMILES string of the molecule is COCC1O[C@@H](O[C@H]2C(C)C(C)[C@@H](O[C@H]3C(C)C(OC)[C@H](OC)O[C@H]3COC)O[C@H]2COC)C(OC)[C@@H](C)[C@@H]1O[C@@H]1OC(COS(=O)(=O)O)[C@@H](O[C@@H]2O[C@@H](COS(=O)(=O)O)CC(OOO)C2OS(=O)(=O)O)[C@H](C)C1C. The Morgan fingerprint density at radius 1 is 0.413 bits per heavy atom. The lowest BCUT2D eigenvalue weighted by atomic mass is 9.83. The van der Waals surface area contributed by atoms with E-state index in [2.05, 4.69) is 9.22 Å². The second-order valence-electron chi connectivity index (χ2n) is 19.2. The van der Waals surface area contributed by atoms with Gasteiger partial charge in [-0.2, -0.15) is 30.1 Å². The molecule has 5 rings (SSSR count). The van der Waals surface area contributed by atoms with Gasteiger partial charge in [-0.1, -0.05) is 46.6 Å². The zero-order valence-corrected chi connectivity index (χ0v) is 46.2. The predicted octanol–water partition coefficient (Wildman–Crippen LogP) is 0.591. The van der Waals surface area contributed by atoms with Crippen molar-refractivity contribution in [3.63, 3.8) is 0 Å². The van der Waals surface area contributed by atoms with Gasteiger partial charge in [-0.15, -0.1) is 0 Å². The van der Waals surface area contributed by atoms with E-state index in [0.29, 0.717) is 0 Å². The fourth-order valence-electron chi connectivity index (χ4n) is 10.3. The number of hydrogen-bond acceptors (Lipinski definition) is 27. The summed E-state index contributed by atoms with van der Waals surface area (Å²) < 4.78 is 206. The molecule has 0 aliphatic carbocycles. The van der Waals surface area contributed by atoms with Crippen LogP contribution in [0.3, 0.4) is 0 Å². The number of methoxy groups -OCH3 is 6. The molecule has 0 aromatic heterocycles. The van der Waals surface area contributed by atoms with Gasteiger partial charge in [0.1, 0.15) is 42.7 Å². The summed E-state index contributed by atoms with van der Waals surface area (Å²) in [5, 5.41) is 12.9. The molecule has 0 aromatic carbocycles. The fourth-order valence-corrected chi connectivity index (χ4v) is 11.4. The van der Waals surface area contributed by atoms with Gasteiger partial charge < -0.3 is 71.1 Å². The van der Waals surface area contributed by atoms with Gasteiger partial charge in [0.05, 0.1) is 63.6 Å². The van der Waals surface area contributed by atoms with E-state index in [0.717, 1.165) is 0 Å². The van der Waals surface area contributed by atoms with Crippen molar-refractivity contribution < 1.29 is 138 Å². The molecular formula is C42H76O30S3. The molecular weight excluding hydrogens is 1080 g/mol. The van der Waals surface area contributed by atoms with Gasteiger partial charge in [0.2, 0.25) is 0 Å². The van der Waals surface area contributed by atoms with E-state index in [1.54, 1.807) is 35.2 Å². The molecule has 4 N–H and O–H groups in total. The third kappa shape index (κ3) is 17.2. The van der Waals surface area contributed by atoms with E-state index in [9.17, 15) is 38.9 Å². The van der Waals surface area contributed by atoms with Crippen molar-refractivity contribution in [2.24, 2.45) is 35.5 Å². The van der Waals surface area contributed by atoms with Gasteiger partial charge in [-0.05, 0) is 11.8 Å². The maximum Gasteiger partial charge on any atom is 0.397 e. The Kier molecular flexibility index (Phi) is 24.6. The van der Waals surface area contributed by atoms with Gasteiger partial charge in [-0.3, -0.25) is 13.7 Å². The van der Waals surface area contributed by atoms with E-state index in [4.69, 9.17) is 89.6 Å². The summed E-state index contributed by atoms with van der Waals surface area (Å²) in [5.41, 5.74) is 0. The molecule has 5 aliphatic heterocycles. The lowest BCUT2D eigenvalue weighted by Gasteiger charge is -2.52. The van der Waals surface area contributed by atoms with Crippen molar-refractivity contribution in [3.05, 3.63) is 0 Å². The van der Waals surface area contributed by atoms with Crippen LogP contribution in [0.15, 0.2) is 0 Å². The van der Waals surface area contributed by atoms with Crippen molar-refractivity contribution in [2.75, 3.05) is 75.7 Å². The zero-order chi connectivity index (χ0) is 55.7. The van der Waals surface area contributed by atoms with Crippen LogP contribution in [0.5, 0.6) is 0 Å². The first-order valence-electron chi connectivity index (χ1n) is 24.0. The first-order valence-corrected chi connectivity index (χ1v) is 28.1. The number of ether oxygens (including phenoxy) is 15. The van der Waals surface area contributed by atoms with Gasteiger partial charge in [0, 0.05) is 72.8 Å². The Hall–Kier alpha value is -1.11. The van der Waals surface area contributed by atoms with Crippen molar-refractivity contribution in [1.82, 2.24) is 0 Å². The average molecular weight is 1160 g/mol. The molecule has 24 atom stereocenters. The normalized spacial score (nSPS) is 42.4. The van der Waals surface area contributed by atoms with Crippen molar-refractivity contribution in [2.45, 2.75) is 159 Å². The largest absolute Gasteiger partial charge is 0.397 e. The van der Waals surface area contributed by atoms with Crippen LogP contribution in [-0.4, -0.2) is 231 Å². The van der Waals surface area contributed by atoms with Crippen molar-refractivity contribution >= 4 is 31.2 Å². The Bertz CT molecular complexity index is 2050. The molecule has 5 heterocycles. The van der Waals surface area contributed by atoms with E-state index in [1.165, 1.54) is 21.3 Å². The highest BCUT2D eigenvalue weighted by Gasteiger charge is 2.55. The molecule has 0 radical (unpaired) electrons. The molecule has 33 heteroatoms. The Labute approximate surface area is 437 Å². The topological polar surface area (TPSA) is 368 Å². The molecule has 30 nitrogen and oxygen atoms in total. The van der Waals surface area contributed by atoms with Crippen LogP contribution >= 0.6 is 0 Å². The summed E-state index contributed by atoms with van der Waals surface area (Å²) in [6.07, 6.45) is -19.8. The Morgan fingerprint density at radius 2 is 0.787 bits per heavy atom. The second kappa shape index (κ2) is 28.5.